The minimum absolute atomic E-state index is 0.120. The van der Waals surface area contributed by atoms with Gasteiger partial charge in [-0.2, -0.15) is 5.26 Å². The van der Waals surface area contributed by atoms with Crippen molar-refractivity contribution in [3.05, 3.63) is 114 Å². The molecular formula is C35H39FN6O2S. The summed E-state index contributed by atoms with van der Waals surface area (Å²) in [6.07, 6.45) is 4.87. The number of thiocarbonyl (C=S) groups is 1. The van der Waals surface area contributed by atoms with Gasteiger partial charge in [0.1, 0.15) is 11.6 Å². The van der Waals surface area contributed by atoms with Crippen molar-refractivity contribution in [1.82, 2.24) is 19.8 Å². The first-order valence-electron chi connectivity index (χ1n) is 15.0. The molecule has 1 amide bonds. The molecule has 0 fully saturated rings. The molecule has 8 nitrogen and oxygen atoms in total. The van der Waals surface area contributed by atoms with Gasteiger partial charge in [-0.1, -0.05) is 50.6 Å². The SMILES string of the molecule is CC[C@H](C)[C@@H](CN(CCc1ccccc1F)C(=S)Nc1ccc(OC)cc1)NC(=O)Cc1cncn1Cc1ccc(C#N)cc1. The molecule has 0 aliphatic carbocycles. The lowest BCUT2D eigenvalue weighted by Crippen LogP contribution is -2.50. The monoisotopic (exact) mass is 626 g/mol. The van der Waals surface area contributed by atoms with E-state index < -0.39 is 0 Å². The zero-order valence-corrected chi connectivity index (χ0v) is 26.7. The van der Waals surface area contributed by atoms with E-state index in [0.717, 1.165) is 29.1 Å². The Bertz CT molecular complexity index is 1600. The number of ether oxygens (including phenoxy) is 1. The second-order valence-electron chi connectivity index (χ2n) is 11.0. The number of nitrogens with one attached hydrogen (secondary N) is 2. The number of carbonyl (C=O) groups excluding carboxylic acids is 1. The Hall–Kier alpha value is -4.75. The lowest BCUT2D eigenvalue weighted by molar-refractivity contribution is -0.121. The van der Waals surface area contributed by atoms with Crippen molar-refractivity contribution < 1.29 is 13.9 Å². The van der Waals surface area contributed by atoms with Gasteiger partial charge in [0.25, 0.3) is 0 Å². The molecule has 10 heteroatoms. The van der Waals surface area contributed by atoms with Crippen LogP contribution >= 0.6 is 12.2 Å². The maximum Gasteiger partial charge on any atom is 0.226 e. The molecule has 0 saturated heterocycles. The van der Waals surface area contributed by atoms with E-state index in [9.17, 15) is 9.18 Å². The van der Waals surface area contributed by atoms with Crippen LogP contribution in [0.15, 0.2) is 85.3 Å². The molecule has 45 heavy (non-hydrogen) atoms. The third-order valence-corrected chi connectivity index (χ3v) is 8.27. The summed E-state index contributed by atoms with van der Waals surface area (Å²) in [6, 6.07) is 23.5. The third-order valence-electron chi connectivity index (χ3n) is 7.91. The number of carbonyl (C=O) groups is 1. The minimum atomic E-state index is -0.254. The first-order valence-corrected chi connectivity index (χ1v) is 15.4. The Morgan fingerprint density at radius 3 is 2.53 bits per heavy atom. The van der Waals surface area contributed by atoms with E-state index in [1.165, 1.54) is 6.07 Å². The van der Waals surface area contributed by atoms with Crippen molar-refractivity contribution in [1.29, 1.82) is 5.26 Å². The van der Waals surface area contributed by atoms with Crippen molar-refractivity contribution in [3.63, 3.8) is 0 Å². The van der Waals surface area contributed by atoms with Gasteiger partial charge < -0.3 is 24.8 Å². The molecule has 0 unspecified atom stereocenters. The highest BCUT2D eigenvalue weighted by Gasteiger charge is 2.24. The van der Waals surface area contributed by atoms with Gasteiger partial charge in [0.2, 0.25) is 5.91 Å². The molecular weight excluding hydrogens is 587 g/mol. The zero-order chi connectivity index (χ0) is 32.2. The van der Waals surface area contributed by atoms with Crippen LogP contribution in [0.3, 0.4) is 0 Å². The number of aromatic nitrogens is 2. The molecule has 4 aromatic rings. The van der Waals surface area contributed by atoms with Gasteiger partial charge in [-0.3, -0.25) is 4.79 Å². The lowest BCUT2D eigenvalue weighted by atomic mass is 9.98. The Labute approximate surface area is 269 Å². The van der Waals surface area contributed by atoms with Crippen LogP contribution in [-0.4, -0.2) is 51.7 Å². The predicted octanol–water partition coefficient (Wildman–Crippen LogP) is 5.97. The van der Waals surface area contributed by atoms with Gasteiger partial charge in [0, 0.05) is 43.3 Å². The molecule has 0 aliphatic rings. The van der Waals surface area contributed by atoms with E-state index in [1.54, 1.807) is 43.9 Å². The summed E-state index contributed by atoms with van der Waals surface area (Å²) >= 11 is 5.86. The third kappa shape index (κ3) is 9.62. The Morgan fingerprint density at radius 2 is 1.87 bits per heavy atom. The summed E-state index contributed by atoms with van der Waals surface area (Å²) in [6.45, 7) is 5.65. The van der Waals surface area contributed by atoms with Crippen LogP contribution in [0.5, 0.6) is 5.75 Å². The molecule has 0 radical (unpaired) electrons. The smallest absolute Gasteiger partial charge is 0.226 e. The van der Waals surface area contributed by atoms with Crippen LogP contribution in [0.2, 0.25) is 0 Å². The lowest BCUT2D eigenvalue weighted by Gasteiger charge is -2.33. The Kier molecular flexibility index (Phi) is 12.0. The summed E-state index contributed by atoms with van der Waals surface area (Å²) in [4.78, 5) is 19.7. The molecule has 0 spiro atoms. The average molecular weight is 627 g/mol. The number of benzene rings is 3. The fourth-order valence-corrected chi connectivity index (χ4v) is 5.22. The fraction of sp³-hybridized carbons (Fsp3) is 0.314. The van der Waals surface area contributed by atoms with E-state index in [-0.39, 0.29) is 30.1 Å². The maximum absolute atomic E-state index is 14.5. The summed E-state index contributed by atoms with van der Waals surface area (Å²) in [5.41, 5.74) is 3.80. The number of nitrogens with zero attached hydrogens (tertiary/aromatic N) is 4. The quantitative estimate of drug-likeness (QED) is 0.167. The number of halogens is 1. The normalized spacial score (nSPS) is 12.1. The second-order valence-corrected chi connectivity index (χ2v) is 11.4. The molecule has 3 aromatic carbocycles. The van der Waals surface area contributed by atoms with Crippen LogP contribution in [0.4, 0.5) is 10.1 Å². The van der Waals surface area contributed by atoms with E-state index in [1.807, 2.05) is 51.9 Å². The number of hydrogen-bond acceptors (Lipinski definition) is 5. The molecule has 2 atom stereocenters. The van der Waals surface area contributed by atoms with Gasteiger partial charge in [-0.25, -0.2) is 9.37 Å². The number of imidazole rings is 1. The molecule has 0 bridgehead atoms. The summed E-state index contributed by atoms with van der Waals surface area (Å²) < 4.78 is 21.7. The average Bonchev–Trinajstić information content (AvgIpc) is 3.49. The van der Waals surface area contributed by atoms with Gasteiger partial charge in [-0.15, -0.1) is 0 Å². The van der Waals surface area contributed by atoms with Crippen molar-refractivity contribution in [2.75, 3.05) is 25.5 Å². The van der Waals surface area contributed by atoms with E-state index in [2.05, 4.69) is 35.5 Å². The van der Waals surface area contributed by atoms with Crippen LogP contribution in [0, 0.1) is 23.1 Å². The summed E-state index contributed by atoms with van der Waals surface area (Å²) in [5.74, 6) is 0.513. The molecule has 1 aromatic heterocycles. The highest BCUT2D eigenvalue weighted by atomic mass is 32.1. The summed E-state index contributed by atoms with van der Waals surface area (Å²) in [7, 11) is 1.62. The van der Waals surface area contributed by atoms with Crippen molar-refractivity contribution >= 4 is 28.9 Å². The van der Waals surface area contributed by atoms with Gasteiger partial charge in [-0.05, 0) is 78.1 Å². The number of amides is 1. The van der Waals surface area contributed by atoms with E-state index in [4.69, 9.17) is 22.2 Å². The van der Waals surface area contributed by atoms with Crippen molar-refractivity contribution in [2.24, 2.45) is 5.92 Å². The van der Waals surface area contributed by atoms with Crippen molar-refractivity contribution in [3.8, 4) is 11.8 Å². The number of anilines is 1. The summed E-state index contributed by atoms with van der Waals surface area (Å²) in [5, 5.41) is 16.1. The molecule has 0 aliphatic heterocycles. The largest absolute Gasteiger partial charge is 0.497 e. The van der Waals surface area contributed by atoms with Gasteiger partial charge >= 0.3 is 0 Å². The van der Waals surface area contributed by atoms with E-state index in [0.29, 0.717) is 42.3 Å². The highest BCUT2D eigenvalue weighted by molar-refractivity contribution is 7.80. The predicted molar refractivity (Wildman–Crippen MR) is 178 cm³/mol. The molecule has 4 rings (SSSR count). The topological polar surface area (TPSA) is 95.2 Å². The molecule has 234 valence electrons. The van der Waals surface area contributed by atoms with Gasteiger partial charge in [0.05, 0.1) is 31.5 Å². The highest BCUT2D eigenvalue weighted by Crippen LogP contribution is 2.18. The molecule has 2 N–H and O–H groups in total. The zero-order valence-electron chi connectivity index (χ0n) is 25.9. The van der Waals surface area contributed by atoms with Gasteiger partial charge in [0.15, 0.2) is 5.11 Å². The standard InChI is InChI=1S/C35H39FN6O2S/c1-4-25(2)33(40-34(43)19-30-21-38-24-42(30)22-27-11-9-26(20-37)10-12-27)23-41(18-17-28-7-5-6-8-32(28)36)35(45)39-29-13-15-31(44-3)16-14-29/h5-16,21,24-25,33H,4,17-19,22-23H2,1-3H3,(H,39,45)(H,40,43)/t25-,33+/m0/s1. The first kappa shape index (κ1) is 33.1. The molecule has 1 heterocycles. The van der Waals surface area contributed by atoms with E-state index >= 15 is 0 Å². The minimum Gasteiger partial charge on any atom is -0.497 e. The van der Waals surface area contributed by atoms with Crippen LogP contribution in [0.1, 0.15) is 42.7 Å². The number of rotatable bonds is 14. The van der Waals surface area contributed by atoms with Crippen LogP contribution < -0.4 is 15.4 Å². The fourth-order valence-electron chi connectivity index (χ4n) is 4.94. The first-order chi connectivity index (χ1) is 21.8. The molecule has 0 saturated carbocycles. The second kappa shape index (κ2) is 16.4. The van der Waals surface area contributed by atoms with Crippen LogP contribution in [0.25, 0.3) is 0 Å². The number of hydrogen-bond donors (Lipinski definition) is 2. The Balaban J connectivity index is 1.47. The number of methoxy groups -OCH3 is 1. The number of nitriles is 1. The van der Waals surface area contributed by atoms with Crippen molar-refractivity contribution in [2.45, 2.75) is 45.7 Å². The maximum atomic E-state index is 14.5. The Morgan fingerprint density at radius 1 is 1.13 bits per heavy atom. The van der Waals surface area contributed by atoms with Crippen LogP contribution in [-0.2, 0) is 24.2 Å².